The van der Waals surface area contributed by atoms with Crippen molar-refractivity contribution in [2.45, 2.75) is 25.8 Å². The van der Waals surface area contributed by atoms with Crippen molar-refractivity contribution in [3.05, 3.63) is 17.5 Å². The van der Waals surface area contributed by atoms with Gasteiger partial charge in [-0.1, -0.05) is 0 Å². The Morgan fingerprint density at radius 2 is 2.43 bits per heavy atom. The molecule has 1 fully saturated rings. The number of carbonyl (C=O) groups excluding carboxylic acids is 1. The zero-order valence-corrected chi connectivity index (χ0v) is 7.99. The van der Waals surface area contributed by atoms with E-state index in [4.69, 9.17) is 0 Å². The number of rotatable bonds is 2. The van der Waals surface area contributed by atoms with E-state index in [9.17, 15) is 4.79 Å². The first-order valence-electron chi connectivity index (χ1n) is 5.17. The van der Waals surface area contributed by atoms with Gasteiger partial charge in [-0.25, -0.2) is 0 Å². The molecule has 1 N–H and O–H groups in total. The van der Waals surface area contributed by atoms with E-state index in [0.29, 0.717) is 0 Å². The SMILES string of the molecule is O=C1NCCc2nn(CC3CC3)cc21. The summed E-state index contributed by atoms with van der Waals surface area (Å²) in [5, 5.41) is 7.27. The highest BCUT2D eigenvalue weighted by molar-refractivity contribution is 5.96. The second-order valence-corrected chi connectivity index (χ2v) is 4.16. The molecule has 1 aromatic rings. The van der Waals surface area contributed by atoms with Gasteiger partial charge in [-0.15, -0.1) is 0 Å². The standard InChI is InChI=1S/C10H13N3O/c14-10-8-6-13(5-7-1-2-7)12-9(8)3-4-11-10/h6-7H,1-5H2,(H,11,14). The molecule has 2 heterocycles. The molecule has 1 saturated carbocycles. The van der Waals surface area contributed by atoms with E-state index < -0.39 is 0 Å². The lowest BCUT2D eigenvalue weighted by atomic mass is 10.1. The van der Waals surface area contributed by atoms with Gasteiger partial charge in [0.2, 0.25) is 0 Å². The Morgan fingerprint density at radius 3 is 3.14 bits per heavy atom. The summed E-state index contributed by atoms with van der Waals surface area (Å²) in [5.41, 5.74) is 1.74. The van der Waals surface area contributed by atoms with Crippen LogP contribution in [0.25, 0.3) is 0 Å². The molecule has 14 heavy (non-hydrogen) atoms. The summed E-state index contributed by atoms with van der Waals surface area (Å²) in [5.74, 6) is 0.840. The molecule has 1 aliphatic heterocycles. The lowest BCUT2D eigenvalue weighted by Gasteiger charge is -2.09. The number of fused-ring (bicyclic) bond motifs is 1. The van der Waals surface area contributed by atoms with Crippen molar-refractivity contribution in [3.63, 3.8) is 0 Å². The molecule has 0 saturated heterocycles. The number of aromatic nitrogens is 2. The lowest BCUT2D eigenvalue weighted by molar-refractivity contribution is 0.0946. The molecular formula is C10H13N3O. The molecule has 4 heteroatoms. The first kappa shape index (κ1) is 8.03. The van der Waals surface area contributed by atoms with Crippen molar-refractivity contribution < 1.29 is 4.79 Å². The fraction of sp³-hybridized carbons (Fsp3) is 0.600. The van der Waals surface area contributed by atoms with E-state index in [0.717, 1.165) is 36.7 Å². The lowest BCUT2D eigenvalue weighted by Crippen LogP contribution is -2.31. The minimum absolute atomic E-state index is 0.0355. The molecule has 1 aliphatic carbocycles. The van der Waals surface area contributed by atoms with Crippen LogP contribution in [0, 0.1) is 5.92 Å². The monoisotopic (exact) mass is 191 g/mol. The van der Waals surface area contributed by atoms with Crippen LogP contribution in [0.2, 0.25) is 0 Å². The second kappa shape index (κ2) is 2.83. The molecule has 4 nitrogen and oxygen atoms in total. The highest BCUT2D eigenvalue weighted by Crippen LogP contribution is 2.30. The first-order chi connectivity index (χ1) is 6.83. The smallest absolute Gasteiger partial charge is 0.254 e. The van der Waals surface area contributed by atoms with Crippen molar-refractivity contribution in [1.29, 1.82) is 0 Å². The van der Waals surface area contributed by atoms with Crippen LogP contribution in [-0.2, 0) is 13.0 Å². The maximum Gasteiger partial charge on any atom is 0.254 e. The molecule has 0 radical (unpaired) electrons. The van der Waals surface area contributed by atoms with Crippen LogP contribution >= 0.6 is 0 Å². The summed E-state index contributed by atoms with van der Waals surface area (Å²) in [6, 6.07) is 0. The molecule has 0 aromatic carbocycles. The summed E-state index contributed by atoms with van der Waals surface area (Å²) in [4.78, 5) is 11.4. The third-order valence-corrected chi connectivity index (χ3v) is 2.87. The van der Waals surface area contributed by atoms with Crippen LogP contribution in [0.1, 0.15) is 28.9 Å². The molecular weight excluding hydrogens is 178 g/mol. The Labute approximate surface area is 82.3 Å². The molecule has 74 valence electrons. The Hall–Kier alpha value is -1.32. The van der Waals surface area contributed by atoms with E-state index >= 15 is 0 Å². The average molecular weight is 191 g/mol. The zero-order valence-electron chi connectivity index (χ0n) is 7.99. The Morgan fingerprint density at radius 1 is 1.57 bits per heavy atom. The van der Waals surface area contributed by atoms with Crippen LogP contribution in [0.15, 0.2) is 6.20 Å². The fourth-order valence-electron chi connectivity index (χ4n) is 1.88. The van der Waals surface area contributed by atoms with E-state index in [2.05, 4.69) is 10.4 Å². The predicted octanol–water partition coefficient (Wildman–Crippen LogP) is 0.579. The van der Waals surface area contributed by atoms with Crippen molar-refractivity contribution in [1.82, 2.24) is 15.1 Å². The Kier molecular flexibility index (Phi) is 1.63. The van der Waals surface area contributed by atoms with Gasteiger partial charge in [0.05, 0.1) is 11.3 Å². The maximum atomic E-state index is 11.4. The van der Waals surface area contributed by atoms with Gasteiger partial charge < -0.3 is 5.32 Å². The molecule has 2 aliphatic rings. The number of hydrogen-bond donors (Lipinski definition) is 1. The average Bonchev–Trinajstić information content (AvgIpc) is 2.84. The minimum Gasteiger partial charge on any atom is -0.352 e. The van der Waals surface area contributed by atoms with Crippen LogP contribution in [0.5, 0.6) is 0 Å². The second-order valence-electron chi connectivity index (χ2n) is 4.16. The number of amides is 1. The molecule has 0 spiro atoms. The fourth-order valence-corrected chi connectivity index (χ4v) is 1.88. The molecule has 1 amide bonds. The summed E-state index contributed by atoms with van der Waals surface area (Å²) < 4.78 is 1.94. The number of nitrogens with one attached hydrogen (secondary N) is 1. The zero-order chi connectivity index (χ0) is 9.54. The van der Waals surface area contributed by atoms with Gasteiger partial charge >= 0.3 is 0 Å². The highest BCUT2D eigenvalue weighted by Gasteiger charge is 2.25. The number of nitrogens with zero attached hydrogens (tertiary/aromatic N) is 2. The van der Waals surface area contributed by atoms with Gasteiger partial charge in [0.15, 0.2) is 0 Å². The van der Waals surface area contributed by atoms with Crippen molar-refractivity contribution in [2.24, 2.45) is 5.92 Å². The van der Waals surface area contributed by atoms with Crippen LogP contribution in [0.4, 0.5) is 0 Å². The van der Waals surface area contributed by atoms with Crippen LogP contribution < -0.4 is 5.32 Å². The maximum absolute atomic E-state index is 11.4. The summed E-state index contributed by atoms with van der Waals surface area (Å²) in [6.07, 6.45) is 5.40. The normalized spacial score (nSPS) is 20.4. The Bertz CT molecular complexity index is 379. The predicted molar refractivity (Wildman–Crippen MR) is 51.0 cm³/mol. The van der Waals surface area contributed by atoms with Gasteiger partial charge in [-0.05, 0) is 18.8 Å². The minimum atomic E-state index is 0.0355. The molecule has 1 aromatic heterocycles. The van der Waals surface area contributed by atoms with Gasteiger partial charge in [0, 0.05) is 25.7 Å². The summed E-state index contributed by atoms with van der Waals surface area (Å²) >= 11 is 0. The largest absolute Gasteiger partial charge is 0.352 e. The van der Waals surface area contributed by atoms with Crippen molar-refractivity contribution >= 4 is 5.91 Å². The first-order valence-corrected chi connectivity index (χ1v) is 5.17. The van der Waals surface area contributed by atoms with E-state index in [-0.39, 0.29) is 5.91 Å². The van der Waals surface area contributed by atoms with Gasteiger partial charge in [-0.3, -0.25) is 9.48 Å². The van der Waals surface area contributed by atoms with E-state index in [1.807, 2.05) is 10.9 Å². The highest BCUT2D eigenvalue weighted by atomic mass is 16.1. The van der Waals surface area contributed by atoms with Gasteiger partial charge in [0.1, 0.15) is 0 Å². The Balaban J connectivity index is 1.88. The molecule has 3 rings (SSSR count). The van der Waals surface area contributed by atoms with Crippen molar-refractivity contribution in [3.8, 4) is 0 Å². The van der Waals surface area contributed by atoms with E-state index in [1.165, 1.54) is 12.8 Å². The summed E-state index contributed by atoms with van der Waals surface area (Å²) in [7, 11) is 0. The molecule has 0 unspecified atom stereocenters. The third kappa shape index (κ3) is 1.31. The summed E-state index contributed by atoms with van der Waals surface area (Å²) in [6.45, 7) is 1.71. The number of carbonyl (C=O) groups is 1. The quantitative estimate of drug-likeness (QED) is 0.743. The topological polar surface area (TPSA) is 46.9 Å². The van der Waals surface area contributed by atoms with Crippen LogP contribution in [-0.4, -0.2) is 22.2 Å². The van der Waals surface area contributed by atoms with Gasteiger partial charge in [0.25, 0.3) is 5.91 Å². The third-order valence-electron chi connectivity index (χ3n) is 2.87. The molecule has 0 bridgehead atoms. The van der Waals surface area contributed by atoms with Crippen LogP contribution in [0.3, 0.4) is 0 Å². The van der Waals surface area contributed by atoms with E-state index in [1.54, 1.807) is 0 Å². The van der Waals surface area contributed by atoms with Crippen molar-refractivity contribution in [2.75, 3.05) is 6.54 Å². The van der Waals surface area contributed by atoms with Gasteiger partial charge in [-0.2, -0.15) is 5.10 Å². The number of hydrogen-bond acceptors (Lipinski definition) is 2. The molecule has 0 atom stereocenters.